The molecule has 0 aromatic carbocycles. The van der Waals surface area contributed by atoms with Gasteiger partial charge in [-0.25, -0.2) is 0 Å². The van der Waals surface area contributed by atoms with Crippen LogP contribution < -0.4 is 5.73 Å². The smallest absolute Gasteiger partial charge is 0.306 e. The lowest BCUT2D eigenvalue weighted by Gasteiger charge is -2.10. The number of hydrogen-bond acceptors (Lipinski definition) is 3. The third-order valence-corrected chi connectivity index (χ3v) is 4.31. The summed E-state index contributed by atoms with van der Waals surface area (Å²) in [5, 5.41) is 0. The molecule has 0 aromatic heterocycles. The Morgan fingerprint density at radius 3 is 1.88 bits per heavy atom. The first-order valence-corrected chi connectivity index (χ1v) is 10.2. The van der Waals surface area contributed by atoms with Crippen molar-refractivity contribution in [2.75, 3.05) is 6.54 Å². The maximum atomic E-state index is 11.5. The molecular weight excluding hydrogens is 334 g/mol. The summed E-state index contributed by atoms with van der Waals surface area (Å²) >= 11 is 0. The fraction of sp³-hybridized carbons (Fsp3) is 0.857. The Balaban J connectivity index is 0. The van der Waals surface area contributed by atoms with Crippen LogP contribution in [0, 0.1) is 0 Å². The van der Waals surface area contributed by atoms with Crippen LogP contribution in [0.5, 0.6) is 0 Å². The zero-order valence-electron chi connectivity index (χ0n) is 16.6. The third kappa shape index (κ3) is 21.4. The molecule has 1 unspecified atom stereocenters. The van der Waals surface area contributed by atoms with Crippen LogP contribution in [0.3, 0.4) is 0 Å². The predicted octanol–water partition coefficient (Wildman–Crippen LogP) is 6.34. The number of ether oxygens (including phenoxy) is 1. The number of unbranched alkanes of at least 4 members (excludes halogenated alkanes) is 11. The molecule has 0 saturated carbocycles. The SMILES string of the molecule is CCCCCCCC/C=C\CCCCCCCC(=O)OC(C)CN.Cl. The Morgan fingerprint density at radius 1 is 0.880 bits per heavy atom. The number of carbonyl (C=O) groups excluding carboxylic acids is 1. The van der Waals surface area contributed by atoms with Gasteiger partial charge in [0.2, 0.25) is 0 Å². The molecule has 0 amide bonds. The molecular formula is C21H42ClNO2. The van der Waals surface area contributed by atoms with Gasteiger partial charge in [-0.1, -0.05) is 70.4 Å². The van der Waals surface area contributed by atoms with Crippen LogP contribution >= 0.6 is 12.4 Å². The van der Waals surface area contributed by atoms with Gasteiger partial charge in [0.1, 0.15) is 6.10 Å². The molecule has 0 aliphatic heterocycles. The van der Waals surface area contributed by atoms with Gasteiger partial charge in [-0.15, -0.1) is 12.4 Å². The zero-order chi connectivity index (χ0) is 17.9. The van der Waals surface area contributed by atoms with E-state index in [9.17, 15) is 4.79 Å². The average molecular weight is 376 g/mol. The fourth-order valence-electron chi connectivity index (χ4n) is 2.67. The molecule has 0 rings (SSSR count). The molecule has 0 aliphatic carbocycles. The highest BCUT2D eigenvalue weighted by molar-refractivity contribution is 5.85. The quantitative estimate of drug-likeness (QED) is 0.183. The van der Waals surface area contributed by atoms with Crippen LogP contribution in [0.4, 0.5) is 0 Å². The van der Waals surface area contributed by atoms with E-state index in [1.54, 1.807) is 0 Å². The van der Waals surface area contributed by atoms with E-state index in [2.05, 4.69) is 19.1 Å². The Labute approximate surface area is 162 Å². The first kappa shape index (κ1) is 26.7. The summed E-state index contributed by atoms with van der Waals surface area (Å²) in [6.07, 6.45) is 21.6. The summed E-state index contributed by atoms with van der Waals surface area (Å²) in [7, 11) is 0. The first-order chi connectivity index (χ1) is 11.7. The summed E-state index contributed by atoms with van der Waals surface area (Å²) in [5.74, 6) is -0.106. The molecule has 1 atom stereocenters. The van der Waals surface area contributed by atoms with Crippen LogP contribution in [-0.2, 0) is 9.53 Å². The van der Waals surface area contributed by atoms with Gasteiger partial charge < -0.3 is 10.5 Å². The van der Waals surface area contributed by atoms with Crippen LogP contribution in [0.1, 0.15) is 104 Å². The molecule has 4 heteroatoms. The van der Waals surface area contributed by atoms with Crippen LogP contribution in [0.15, 0.2) is 12.2 Å². The van der Waals surface area contributed by atoms with Gasteiger partial charge >= 0.3 is 5.97 Å². The maximum Gasteiger partial charge on any atom is 0.306 e. The van der Waals surface area contributed by atoms with Gasteiger partial charge in [-0.2, -0.15) is 0 Å². The molecule has 0 radical (unpaired) electrons. The standard InChI is InChI=1S/C21H41NO2.ClH/c1-3-4-5-6-7-8-9-10-11-12-13-14-15-16-17-18-21(23)24-20(2)19-22;/h10-11,20H,3-9,12-19,22H2,1-2H3;1H/b11-10-;. The second kappa shape index (κ2) is 21.5. The highest BCUT2D eigenvalue weighted by atomic mass is 35.5. The Hall–Kier alpha value is -0.540. The number of rotatable bonds is 17. The van der Waals surface area contributed by atoms with Crippen molar-refractivity contribution in [3.05, 3.63) is 12.2 Å². The van der Waals surface area contributed by atoms with Crippen molar-refractivity contribution in [3.63, 3.8) is 0 Å². The number of hydrogen-bond donors (Lipinski definition) is 1. The van der Waals surface area contributed by atoms with E-state index in [-0.39, 0.29) is 24.5 Å². The minimum Gasteiger partial charge on any atom is -0.461 e. The van der Waals surface area contributed by atoms with E-state index in [1.807, 2.05) is 6.92 Å². The zero-order valence-corrected chi connectivity index (χ0v) is 17.5. The minimum atomic E-state index is -0.152. The van der Waals surface area contributed by atoms with Crippen LogP contribution in [0.2, 0.25) is 0 Å². The lowest BCUT2D eigenvalue weighted by Crippen LogP contribution is -2.23. The molecule has 0 heterocycles. The number of halogens is 1. The molecule has 150 valence electrons. The molecule has 25 heavy (non-hydrogen) atoms. The number of allylic oxidation sites excluding steroid dienone is 2. The molecule has 2 N–H and O–H groups in total. The summed E-state index contributed by atoms with van der Waals surface area (Å²) in [5.41, 5.74) is 5.42. The first-order valence-electron chi connectivity index (χ1n) is 10.2. The maximum absolute atomic E-state index is 11.5. The average Bonchev–Trinajstić information content (AvgIpc) is 2.58. The normalized spacial score (nSPS) is 12.1. The van der Waals surface area contributed by atoms with Gasteiger partial charge in [0.25, 0.3) is 0 Å². The van der Waals surface area contributed by atoms with Gasteiger partial charge in [0, 0.05) is 13.0 Å². The van der Waals surface area contributed by atoms with Gasteiger partial charge in [-0.05, 0) is 39.0 Å². The fourth-order valence-corrected chi connectivity index (χ4v) is 2.67. The lowest BCUT2D eigenvalue weighted by atomic mass is 10.1. The van der Waals surface area contributed by atoms with Crippen LogP contribution in [0.25, 0.3) is 0 Å². The molecule has 0 spiro atoms. The number of esters is 1. The second-order valence-corrected chi connectivity index (χ2v) is 6.87. The van der Waals surface area contributed by atoms with Gasteiger partial charge in [0.15, 0.2) is 0 Å². The van der Waals surface area contributed by atoms with Crippen molar-refractivity contribution >= 4 is 18.4 Å². The summed E-state index contributed by atoms with van der Waals surface area (Å²) in [6, 6.07) is 0. The second-order valence-electron chi connectivity index (χ2n) is 6.87. The molecule has 0 aliphatic rings. The van der Waals surface area contributed by atoms with Crippen molar-refractivity contribution in [3.8, 4) is 0 Å². The Morgan fingerprint density at radius 2 is 1.36 bits per heavy atom. The van der Waals surface area contributed by atoms with E-state index >= 15 is 0 Å². The molecule has 0 fully saturated rings. The van der Waals surface area contributed by atoms with E-state index in [4.69, 9.17) is 10.5 Å². The summed E-state index contributed by atoms with van der Waals surface area (Å²) in [4.78, 5) is 11.5. The lowest BCUT2D eigenvalue weighted by molar-refractivity contribution is -0.147. The largest absolute Gasteiger partial charge is 0.461 e. The summed E-state index contributed by atoms with van der Waals surface area (Å²) < 4.78 is 5.15. The highest BCUT2D eigenvalue weighted by Crippen LogP contribution is 2.10. The molecule has 3 nitrogen and oxygen atoms in total. The van der Waals surface area contributed by atoms with Crippen molar-refractivity contribution in [1.29, 1.82) is 0 Å². The van der Waals surface area contributed by atoms with E-state index in [0.717, 1.165) is 12.8 Å². The topological polar surface area (TPSA) is 52.3 Å². The monoisotopic (exact) mass is 375 g/mol. The highest BCUT2D eigenvalue weighted by Gasteiger charge is 2.06. The Kier molecular flexibility index (Phi) is 23.0. The third-order valence-electron chi connectivity index (χ3n) is 4.31. The van der Waals surface area contributed by atoms with Gasteiger partial charge in [0.05, 0.1) is 0 Å². The predicted molar refractivity (Wildman–Crippen MR) is 111 cm³/mol. The molecule has 0 aromatic rings. The van der Waals surface area contributed by atoms with E-state index < -0.39 is 0 Å². The van der Waals surface area contributed by atoms with E-state index in [0.29, 0.717) is 13.0 Å². The number of nitrogens with two attached hydrogens (primary N) is 1. The molecule has 0 saturated heterocycles. The molecule has 0 bridgehead atoms. The van der Waals surface area contributed by atoms with Crippen molar-refractivity contribution in [2.24, 2.45) is 5.73 Å². The number of carbonyl (C=O) groups is 1. The van der Waals surface area contributed by atoms with Crippen molar-refractivity contribution < 1.29 is 9.53 Å². The minimum absolute atomic E-state index is 0. The van der Waals surface area contributed by atoms with Crippen LogP contribution in [-0.4, -0.2) is 18.6 Å². The van der Waals surface area contributed by atoms with Crippen molar-refractivity contribution in [2.45, 2.75) is 110 Å². The summed E-state index contributed by atoms with van der Waals surface area (Å²) in [6.45, 7) is 4.50. The Bertz CT molecular complexity index is 308. The van der Waals surface area contributed by atoms with Gasteiger partial charge in [-0.3, -0.25) is 4.79 Å². The van der Waals surface area contributed by atoms with E-state index in [1.165, 1.54) is 70.6 Å². The van der Waals surface area contributed by atoms with Crippen molar-refractivity contribution in [1.82, 2.24) is 0 Å².